The number of ether oxygens (including phenoxy) is 2. The van der Waals surface area contributed by atoms with E-state index in [-0.39, 0.29) is 0 Å². The lowest BCUT2D eigenvalue weighted by molar-refractivity contribution is 0.284. The molecule has 4 nitrogen and oxygen atoms in total. The molecule has 5 aromatic carbocycles. The minimum atomic E-state index is -0.466. The molecular formula is C36H36N2O2. The van der Waals surface area contributed by atoms with Gasteiger partial charge in [0.2, 0.25) is 0 Å². The van der Waals surface area contributed by atoms with E-state index in [2.05, 4.69) is 120 Å². The van der Waals surface area contributed by atoms with Crippen LogP contribution < -0.4 is 20.1 Å². The summed E-state index contributed by atoms with van der Waals surface area (Å²) in [7, 11) is 1.68. The standard InChI is InChI=1S/C36H36N2O2/c1-39-35-26-30(22-23-34(35)40-28-29-14-6-2-7-15-29)27-37-24-25-38-36(31-16-8-3-9-17-31,32-18-10-4-11-19-32)33-20-12-5-13-21-33/h2-23,26,37-38H,24-25,27-28H2,1H3. The highest BCUT2D eigenvalue weighted by Gasteiger charge is 2.35. The molecule has 5 aromatic rings. The minimum Gasteiger partial charge on any atom is -0.493 e. The van der Waals surface area contributed by atoms with Crippen molar-refractivity contribution in [2.45, 2.75) is 18.7 Å². The number of rotatable bonds is 13. The summed E-state index contributed by atoms with van der Waals surface area (Å²) in [4.78, 5) is 0. The molecule has 0 aliphatic carbocycles. The molecule has 0 aliphatic heterocycles. The van der Waals surface area contributed by atoms with Crippen molar-refractivity contribution in [1.82, 2.24) is 10.6 Å². The number of hydrogen-bond acceptors (Lipinski definition) is 4. The van der Waals surface area contributed by atoms with E-state index in [1.54, 1.807) is 7.11 Å². The molecule has 0 atom stereocenters. The fourth-order valence-electron chi connectivity index (χ4n) is 5.12. The lowest BCUT2D eigenvalue weighted by atomic mass is 9.77. The quantitative estimate of drug-likeness (QED) is 0.128. The van der Waals surface area contributed by atoms with Gasteiger partial charge in [-0.05, 0) is 39.9 Å². The molecule has 40 heavy (non-hydrogen) atoms. The molecular weight excluding hydrogens is 492 g/mol. The van der Waals surface area contributed by atoms with Gasteiger partial charge >= 0.3 is 0 Å². The first-order valence-corrected chi connectivity index (χ1v) is 13.8. The van der Waals surface area contributed by atoms with E-state index in [1.165, 1.54) is 16.7 Å². The van der Waals surface area contributed by atoms with Gasteiger partial charge in [-0.25, -0.2) is 0 Å². The number of hydrogen-bond donors (Lipinski definition) is 2. The third-order valence-corrected chi connectivity index (χ3v) is 7.11. The number of benzene rings is 5. The fraction of sp³-hybridized carbons (Fsp3) is 0.167. The van der Waals surface area contributed by atoms with Crippen molar-refractivity contribution < 1.29 is 9.47 Å². The van der Waals surface area contributed by atoms with Crippen LogP contribution in [0, 0.1) is 0 Å². The minimum absolute atomic E-state index is 0.466. The lowest BCUT2D eigenvalue weighted by Crippen LogP contribution is -2.47. The Morgan fingerprint density at radius 1 is 0.550 bits per heavy atom. The maximum Gasteiger partial charge on any atom is 0.161 e. The Balaban J connectivity index is 1.26. The topological polar surface area (TPSA) is 42.5 Å². The molecule has 0 saturated heterocycles. The molecule has 0 aromatic heterocycles. The van der Waals surface area contributed by atoms with Crippen LogP contribution in [0.3, 0.4) is 0 Å². The molecule has 2 N–H and O–H groups in total. The third kappa shape index (κ3) is 6.42. The molecule has 0 radical (unpaired) electrons. The van der Waals surface area contributed by atoms with Crippen LogP contribution in [-0.4, -0.2) is 20.2 Å². The van der Waals surface area contributed by atoms with Crippen LogP contribution in [0.25, 0.3) is 0 Å². The first-order chi connectivity index (χ1) is 19.8. The van der Waals surface area contributed by atoms with Crippen LogP contribution in [0.4, 0.5) is 0 Å². The van der Waals surface area contributed by atoms with Crippen molar-refractivity contribution in [3.63, 3.8) is 0 Å². The summed E-state index contributed by atoms with van der Waals surface area (Å²) in [5, 5.41) is 7.52. The Hall–Kier alpha value is -4.38. The predicted molar refractivity (Wildman–Crippen MR) is 163 cm³/mol. The highest BCUT2D eigenvalue weighted by molar-refractivity contribution is 5.49. The van der Waals surface area contributed by atoms with Gasteiger partial charge in [-0.1, -0.05) is 127 Å². The van der Waals surface area contributed by atoms with Crippen LogP contribution in [0.2, 0.25) is 0 Å². The summed E-state index contributed by atoms with van der Waals surface area (Å²) in [6, 6.07) is 48.3. The maximum atomic E-state index is 6.02. The van der Waals surface area contributed by atoms with Crippen molar-refractivity contribution in [3.8, 4) is 11.5 Å². The molecule has 0 bridgehead atoms. The highest BCUT2D eigenvalue weighted by Crippen LogP contribution is 2.36. The lowest BCUT2D eigenvalue weighted by Gasteiger charge is -2.37. The van der Waals surface area contributed by atoms with E-state index in [0.717, 1.165) is 42.3 Å². The van der Waals surface area contributed by atoms with E-state index < -0.39 is 5.54 Å². The van der Waals surface area contributed by atoms with Crippen LogP contribution in [0.15, 0.2) is 140 Å². The monoisotopic (exact) mass is 528 g/mol. The maximum absolute atomic E-state index is 6.02. The van der Waals surface area contributed by atoms with Gasteiger partial charge in [-0.3, -0.25) is 5.32 Å². The van der Waals surface area contributed by atoms with E-state index in [0.29, 0.717) is 6.61 Å². The summed E-state index contributed by atoms with van der Waals surface area (Å²) in [6.45, 7) is 2.80. The molecule has 0 heterocycles. The van der Waals surface area contributed by atoms with E-state index >= 15 is 0 Å². The Bertz CT molecular complexity index is 1350. The van der Waals surface area contributed by atoms with Crippen LogP contribution in [0.5, 0.6) is 11.5 Å². The van der Waals surface area contributed by atoms with Gasteiger partial charge in [0.1, 0.15) is 6.61 Å². The zero-order valence-corrected chi connectivity index (χ0v) is 22.9. The van der Waals surface area contributed by atoms with Gasteiger partial charge < -0.3 is 14.8 Å². The van der Waals surface area contributed by atoms with Gasteiger partial charge in [-0.15, -0.1) is 0 Å². The average Bonchev–Trinajstić information content (AvgIpc) is 3.04. The van der Waals surface area contributed by atoms with Crippen LogP contribution in [-0.2, 0) is 18.7 Å². The fourth-order valence-corrected chi connectivity index (χ4v) is 5.12. The first-order valence-electron chi connectivity index (χ1n) is 13.8. The zero-order chi connectivity index (χ0) is 27.5. The predicted octanol–water partition coefficient (Wildman–Crippen LogP) is 6.95. The molecule has 0 saturated carbocycles. The summed E-state index contributed by atoms with van der Waals surface area (Å²) in [5.74, 6) is 1.49. The molecule has 0 fully saturated rings. The molecule has 0 unspecified atom stereocenters. The molecule has 0 spiro atoms. The third-order valence-electron chi connectivity index (χ3n) is 7.11. The van der Waals surface area contributed by atoms with E-state index in [1.807, 2.05) is 30.3 Å². The van der Waals surface area contributed by atoms with Gasteiger partial charge in [0, 0.05) is 19.6 Å². The Morgan fingerprint density at radius 3 is 1.60 bits per heavy atom. The smallest absolute Gasteiger partial charge is 0.161 e. The summed E-state index contributed by atoms with van der Waals surface area (Å²) in [6.07, 6.45) is 0. The van der Waals surface area contributed by atoms with Gasteiger partial charge in [-0.2, -0.15) is 0 Å². The van der Waals surface area contributed by atoms with Gasteiger partial charge in [0.25, 0.3) is 0 Å². The second kappa shape index (κ2) is 13.6. The molecule has 4 heteroatoms. The van der Waals surface area contributed by atoms with Crippen molar-refractivity contribution in [1.29, 1.82) is 0 Å². The van der Waals surface area contributed by atoms with Gasteiger partial charge in [0.15, 0.2) is 11.5 Å². The SMILES string of the molecule is COc1cc(CNCCNC(c2ccccc2)(c2ccccc2)c2ccccc2)ccc1OCc1ccccc1. The Kier molecular flexibility index (Phi) is 9.25. The summed E-state index contributed by atoms with van der Waals surface area (Å²) in [5.41, 5.74) is 5.44. The van der Waals surface area contributed by atoms with Crippen molar-refractivity contribution in [2.75, 3.05) is 20.2 Å². The van der Waals surface area contributed by atoms with E-state index in [9.17, 15) is 0 Å². The van der Waals surface area contributed by atoms with Crippen LogP contribution >= 0.6 is 0 Å². The van der Waals surface area contributed by atoms with E-state index in [4.69, 9.17) is 9.47 Å². The average molecular weight is 529 g/mol. The summed E-state index contributed by atoms with van der Waals surface area (Å²) >= 11 is 0. The van der Waals surface area contributed by atoms with Crippen LogP contribution in [0.1, 0.15) is 27.8 Å². The molecule has 5 rings (SSSR count). The second-order valence-corrected chi connectivity index (χ2v) is 9.71. The van der Waals surface area contributed by atoms with Crippen molar-refractivity contribution in [2.24, 2.45) is 0 Å². The molecule has 0 aliphatic rings. The first kappa shape index (κ1) is 27.2. The highest BCUT2D eigenvalue weighted by atomic mass is 16.5. The normalized spacial score (nSPS) is 11.2. The van der Waals surface area contributed by atoms with Gasteiger partial charge in [0.05, 0.1) is 12.6 Å². The Labute approximate surface area is 237 Å². The van der Waals surface area contributed by atoms with Crippen molar-refractivity contribution in [3.05, 3.63) is 167 Å². The number of nitrogens with one attached hydrogen (secondary N) is 2. The Morgan fingerprint density at radius 2 is 1.07 bits per heavy atom. The molecule has 202 valence electrons. The molecule has 0 amide bonds. The largest absolute Gasteiger partial charge is 0.493 e. The number of methoxy groups -OCH3 is 1. The van der Waals surface area contributed by atoms with Crippen molar-refractivity contribution >= 4 is 0 Å². The zero-order valence-electron chi connectivity index (χ0n) is 22.9. The second-order valence-electron chi connectivity index (χ2n) is 9.71. The summed E-state index contributed by atoms with van der Waals surface area (Å²) < 4.78 is 11.6.